The van der Waals surface area contributed by atoms with Crippen LogP contribution in [0.25, 0.3) is 10.9 Å². The third-order valence-corrected chi connectivity index (χ3v) is 4.22. The lowest BCUT2D eigenvalue weighted by molar-refractivity contribution is -0.115. The van der Waals surface area contributed by atoms with Gasteiger partial charge >= 0.3 is 0 Å². The van der Waals surface area contributed by atoms with Crippen molar-refractivity contribution in [2.45, 2.75) is 13.0 Å². The van der Waals surface area contributed by atoms with Crippen LogP contribution < -0.4 is 5.32 Å². The van der Waals surface area contributed by atoms with Gasteiger partial charge in [0, 0.05) is 24.0 Å². The lowest BCUT2D eigenvalue weighted by Crippen LogP contribution is -2.15. The van der Waals surface area contributed by atoms with Crippen LogP contribution in [0.3, 0.4) is 0 Å². The zero-order chi connectivity index (χ0) is 18.8. The van der Waals surface area contributed by atoms with E-state index >= 15 is 0 Å². The predicted octanol–water partition coefficient (Wildman–Crippen LogP) is 3.87. The number of rotatable bonds is 5. The maximum Gasteiger partial charge on any atom is 0.229 e. The molecule has 0 spiro atoms. The predicted molar refractivity (Wildman–Crippen MR) is 98.3 cm³/mol. The van der Waals surface area contributed by atoms with Gasteiger partial charge in [-0.05, 0) is 46.8 Å². The number of aromatic nitrogens is 3. The number of H-pyrrole nitrogens is 1. The third-order valence-electron chi connectivity index (χ3n) is 4.22. The Labute approximate surface area is 153 Å². The summed E-state index contributed by atoms with van der Waals surface area (Å²) >= 11 is 0. The molecule has 0 fully saturated rings. The maximum atomic E-state index is 13.3. The van der Waals surface area contributed by atoms with Crippen molar-refractivity contribution in [1.29, 1.82) is 0 Å². The summed E-state index contributed by atoms with van der Waals surface area (Å²) in [6.07, 6.45) is 3.76. The number of aromatic amines is 1. The second-order valence-corrected chi connectivity index (χ2v) is 6.27. The fourth-order valence-electron chi connectivity index (χ4n) is 2.93. The summed E-state index contributed by atoms with van der Waals surface area (Å²) in [7, 11) is 0. The fourth-order valence-corrected chi connectivity index (χ4v) is 2.93. The molecule has 0 unspecified atom stereocenters. The summed E-state index contributed by atoms with van der Waals surface area (Å²) in [5.74, 6) is -1.55. The van der Waals surface area contributed by atoms with E-state index in [2.05, 4.69) is 15.4 Å². The molecule has 0 bridgehead atoms. The van der Waals surface area contributed by atoms with Crippen LogP contribution in [0.1, 0.15) is 11.1 Å². The highest BCUT2D eigenvalue weighted by atomic mass is 19.2. The molecule has 5 nitrogen and oxygen atoms in total. The smallest absolute Gasteiger partial charge is 0.229 e. The van der Waals surface area contributed by atoms with E-state index in [1.54, 1.807) is 16.9 Å². The van der Waals surface area contributed by atoms with E-state index in [0.29, 0.717) is 11.4 Å². The Morgan fingerprint density at radius 3 is 2.74 bits per heavy atom. The number of nitrogens with zero attached hydrogens (tertiary/aromatic N) is 2. The van der Waals surface area contributed by atoms with E-state index in [1.807, 2.05) is 30.5 Å². The molecule has 1 amide bonds. The number of halogens is 2. The topological polar surface area (TPSA) is 62.7 Å². The van der Waals surface area contributed by atoms with Crippen LogP contribution in [0.4, 0.5) is 14.6 Å². The minimum atomic E-state index is -0.896. The summed E-state index contributed by atoms with van der Waals surface area (Å²) in [4.78, 5) is 15.4. The zero-order valence-corrected chi connectivity index (χ0v) is 14.2. The van der Waals surface area contributed by atoms with Gasteiger partial charge in [0.15, 0.2) is 17.5 Å². The number of benzene rings is 2. The van der Waals surface area contributed by atoms with Crippen LogP contribution in [-0.4, -0.2) is 20.7 Å². The Hall–Kier alpha value is -3.48. The molecule has 0 saturated heterocycles. The Morgan fingerprint density at radius 1 is 1.04 bits per heavy atom. The van der Waals surface area contributed by atoms with Crippen molar-refractivity contribution < 1.29 is 13.6 Å². The van der Waals surface area contributed by atoms with E-state index in [0.717, 1.165) is 28.6 Å². The van der Waals surface area contributed by atoms with Gasteiger partial charge in [0.25, 0.3) is 0 Å². The normalized spacial score (nSPS) is 11.0. The number of hydrogen-bond acceptors (Lipinski definition) is 2. The van der Waals surface area contributed by atoms with Crippen molar-refractivity contribution in [1.82, 2.24) is 14.8 Å². The molecule has 27 heavy (non-hydrogen) atoms. The molecule has 4 aromatic rings. The van der Waals surface area contributed by atoms with Gasteiger partial charge in [0.2, 0.25) is 5.91 Å². The second-order valence-electron chi connectivity index (χ2n) is 6.27. The van der Waals surface area contributed by atoms with Crippen molar-refractivity contribution in [2.75, 3.05) is 5.32 Å². The molecular formula is C20H16F2N4O. The summed E-state index contributed by atoms with van der Waals surface area (Å²) in [6, 6.07) is 13.1. The molecule has 2 heterocycles. The summed E-state index contributed by atoms with van der Waals surface area (Å²) in [5, 5.41) is 8.04. The van der Waals surface area contributed by atoms with Gasteiger partial charge in [-0.15, -0.1) is 0 Å². The highest BCUT2D eigenvalue weighted by molar-refractivity contribution is 5.92. The molecule has 0 aliphatic carbocycles. The maximum absolute atomic E-state index is 13.3. The van der Waals surface area contributed by atoms with E-state index in [9.17, 15) is 13.6 Å². The van der Waals surface area contributed by atoms with Crippen molar-refractivity contribution in [3.05, 3.63) is 83.7 Å². The largest absolute Gasteiger partial charge is 0.361 e. The molecule has 0 aliphatic heterocycles. The standard InChI is InChI=1S/C20H16F2N4O/c21-16-3-1-14(10-17(16)22)12-26-8-6-19(25-26)24-20(27)11-13-2-4-18-15(9-13)5-7-23-18/h1-10,23H,11-12H2,(H,24,25,27). The van der Waals surface area contributed by atoms with E-state index in [4.69, 9.17) is 0 Å². The highest BCUT2D eigenvalue weighted by Crippen LogP contribution is 2.15. The molecule has 2 aromatic carbocycles. The second kappa shape index (κ2) is 7.03. The monoisotopic (exact) mass is 366 g/mol. The number of nitrogens with one attached hydrogen (secondary N) is 2. The Balaban J connectivity index is 1.39. The van der Waals surface area contributed by atoms with Crippen LogP contribution in [0, 0.1) is 11.6 Å². The molecule has 4 rings (SSSR count). The zero-order valence-electron chi connectivity index (χ0n) is 14.2. The summed E-state index contributed by atoms with van der Waals surface area (Å²) in [6.45, 7) is 0.275. The van der Waals surface area contributed by atoms with Crippen LogP contribution >= 0.6 is 0 Å². The quantitative estimate of drug-likeness (QED) is 0.563. The number of hydrogen-bond donors (Lipinski definition) is 2. The number of fused-ring (bicyclic) bond motifs is 1. The third kappa shape index (κ3) is 3.87. The molecule has 0 saturated carbocycles. The molecule has 0 atom stereocenters. The minimum Gasteiger partial charge on any atom is -0.361 e. The molecule has 136 valence electrons. The number of amides is 1. The average Bonchev–Trinajstić information content (AvgIpc) is 3.27. The molecular weight excluding hydrogens is 350 g/mol. The lowest BCUT2D eigenvalue weighted by atomic mass is 10.1. The first-order valence-electron chi connectivity index (χ1n) is 8.40. The van der Waals surface area contributed by atoms with Crippen molar-refractivity contribution in [3.63, 3.8) is 0 Å². The van der Waals surface area contributed by atoms with Crippen LogP contribution in [0.2, 0.25) is 0 Å². The average molecular weight is 366 g/mol. The van der Waals surface area contributed by atoms with E-state index in [-0.39, 0.29) is 18.9 Å². The first-order chi connectivity index (χ1) is 13.1. The van der Waals surface area contributed by atoms with Crippen LogP contribution in [0.5, 0.6) is 0 Å². The Morgan fingerprint density at radius 2 is 1.89 bits per heavy atom. The Kier molecular flexibility index (Phi) is 4.42. The van der Waals surface area contributed by atoms with Crippen LogP contribution in [0.15, 0.2) is 60.9 Å². The van der Waals surface area contributed by atoms with E-state index < -0.39 is 11.6 Å². The van der Waals surface area contributed by atoms with Gasteiger partial charge in [-0.2, -0.15) is 5.10 Å². The number of carbonyl (C=O) groups excluding carboxylic acids is 1. The van der Waals surface area contributed by atoms with E-state index in [1.165, 1.54) is 6.07 Å². The fraction of sp³-hybridized carbons (Fsp3) is 0.100. The molecule has 2 aromatic heterocycles. The van der Waals surface area contributed by atoms with Crippen molar-refractivity contribution in [2.24, 2.45) is 0 Å². The SMILES string of the molecule is O=C(Cc1ccc2[nH]ccc2c1)Nc1ccn(Cc2ccc(F)c(F)c2)n1. The first-order valence-corrected chi connectivity index (χ1v) is 8.40. The molecule has 2 N–H and O–H groups in total. The minimum absolute atomic E-state index is 0.178. The van der Waals surface area contributed by atoms with Gasteiger partial charge < -0.3 is 10.3 Å². The number of carbonyl (C=O) groups is 1. The van der Waals surface area contributed by atoms with Gasteiger partial charge in [-0.25, -0.2) is 8.78 Å². The van der Waals surface area contributed by atoms with Crippen molar-refractivity contribution >= 4 is 22.6 Å². The first kappa shape index (κ1) is 17.0. The van der Waals surface area contributed by atoms with Gasteiger partial charge in [0.1, 0.15) is 0 Å². The van der Waals surface area contributed by atoms with Gasteiger partial charge in [-0.3, -0.25) is 9.48 Å². The summed E-state index contributed by atoms with van der Waals surface area (Å²) in [5.41, 5.74) is 2.51. The molecule has 7 heteroatoms. The molecule has 0 radical (unpaired) electrons. The van der Waals surface area contributed by atoms with Crippen LogP contribution in [-0.2, 0) is 17.8 Å². The summed E-state index contributed by atoms with van der Waals surface area (Å²) < 4.78 is 27.8. The van der Waals surface area contributed by atoms with Crippen molar-refractivity contribution in [3.8, 4) is 0 Å². The van der Waals surface area contributed by atoms with Gasteiger partial charge in [-0.1, -0.05) is 12.1 Å². The number of anilines is 1. The highest BCUT2D eigenvalue weighted by Gasteiger charge is 2.08. The lowest BCUT2D eigenvalue weighted by Gasteiger charge is -2.04. The van der Waals surface area contributed by atoms with Gasteiger partial charge in [0.05, 0.1) is 13.0 Å². The molecule has 0 aliphatic rings. The Bertz CT molecular complexity index is 1120.